The van der Waals surface area contributed by atoms with Gasteiger partial charge < -0.3 is 24.5 Å². The van der Waals surface area contributed by atoms with Crippen LogP contribution in [0.15, 0.2) is 18.2 Å². The minimum atomic E-state index is -0.118. The van der Waals surface area contributed by atoms with Gasteiger partial charge in [0.1, 0.15) is 12.4 Å². The highest BCUT2D eigenvalue weighted by Gasteiger charge is 2.38. The van der Waals surface area contributed by atoms with E-state index < -0.39 is 0 Å². The Hall–Kier alpha value is -2.28. The summed E-state index contributed by atoms with van der Waals surface area (Å²) >= 11 is 0. The molecule has 1 N–H and O–H groups in total. The summed E-state index contributed by atoms with van der Waals surface area (Å²) in [7, 11) is 7.19. The summed E-state index contributed by atoms with van der Waals surface area (Å²) in [5.41, 5.74) is 1.30. The number of aliphatic hydroxyl groups excluding tert-OH is 1. The first-order valence-corrected chi connectivity index (χ1v) is 9.82. The van der Waals surface area contributed by atoms with E-state index in [0.717, 1.165) is 30.7 Å². The highest BCUT2D eigenvalue weighted by molar-refractivity contribution is 5.95. The van der Waals surface area contributed by atoms with Crippen molar-refractivity contribution in [1.29, 1.82) is 0 Å². The molecule has 0 radical (unpaired) electrons. The number of carbonyl (C=O) groups is 2. The minimum Gasteiger partial charge on any atom is -0.489 e. The van der Waals surface area contributed by atoms with Gasteiger partial charge in [-0.15, -0.1) is 0 Å². The Morgan fingerprint density at radius 3 is 2.57 bits per heavy atom. The Labute approximate surface area is 166 Å². The maximum absolute atomic E-state index is 12.8. The predicted octanol–water partition coefficient (Wildman–Crippen LogP) is 1.60. The van der Waals surface area contributed by atoms with Crippen LogP contribution in [-0.2, 0) is 4.79 Å². The largest absolute Gasteiger partial charge is 0.489 e. The molecule has 0 bridgehead atoms. The van der Waals surface area contributed by atoms with Crippen molar-refractivity contribution in [1.82, 2.24) is 9.80 Å². The maximum Gasteiger partial charge on any atom is 0.253 e. The first-order valence-electron chi connectivity index (χ1n) is 9.82. The average Bonchev–Trinajstić information content (AvgIpc) is 2.65. The van der Waals surface area contributed by atoms with Crippen LogP contribution in [0.3, 0.4) is 0 Å². The zero-order valence-electron chi connectivity index (χ0n) is 17.3. The van der Waals surface area contributed by atoms with Gasteiger partial charge in [-0.2, -0.15) is 0 Å². The summed E-state index contributed by atoms with van der Waals surface area (Å²) in [6, 6.07) is 5.31. The van der Waals surface area contributed by atoms with Crippen molar-refractivity contribution in [2.45, 2.75) is 31.7 Å². The van der Waals surface area contributed by atoms with Gasteiger partial charge in [0.2, 0.25) is 5.91 Å². The van der Waals surface area contributed by atoms with Gasteiger partial charge in [-0.05, 0) is 31.0 Å². The van der Waals surface area contributed by atoms with E-state index in [0.29, 0.717) is 25.1 Å². The molecule has 1 aromatic rings. The van der Waals surface area contributed by atoms with Crippen LogP contribution in [0.2, 0.25) is 0 Å². The topological polar surface area (TPSA) is 73.3 Å². The monoisotopic (exact) mass is 389 g/mol. The van der Waals surface area contributed by atoms with Crippen LogP contribution < -0.4 is 9.64 Å². The maximum atomic E-state index is 12.8. The van der Waals surface area contributed by atoms with Gasteiger partial charge in [0.05, 0.1) is 24.8 Å². The normalized spacial score (nSPS) is 19.9. The summed E-state index contributed by atoms with van der Waals surface area (Å²) < 4.78 is 5.86. The SMILES string of the molecule is CN(C)C(=O)c1ccc2c(c1)N(C)[C@@H](CC(=O)N(C)CC1(CO)CCC1)CO2. The van der Waals surface area contributed by atoms with Gasteiger partial charge in [0.25, 0.3) is 5.91 Å². The lowest BCUT2D eigenvalue weighted by atomic mass is 9.69. The third-order valence-corrected chi connectivity index (χ3v) is 6.13. The molecule has 0 spiro atoms. The van der Waals surface area contributed by atoms with E-state index in [1.54, 1.807) is 30.0 Å². The fourth-order valence-corrected chi connectivity index (χ4v) is 3.99. The molecule has 2 amide bonds. The van der Waals surface area contributed by atoms with E-state index in [9.17, 15) is 14.7 Å². The van der Waals surface area contributed by atoms with E-state index in [4.69, 9.17) is 4.74 Å². The fourth-order valence-electron chi connectivity index (χ4n) is 3.99. The Balaban J connectivity index is 1.67. The van der Waals surface area contributed by atoms with Crippen molar-refractivity contribution in [2.24, 2.45) is 5.41 Å². The smallest absolute Gasteiger partial charge is 0.253 e. The Kier molecular flexibility index (Phi) is 5.84. The van der Waals surface area contributed by atoms with Crippen molar-refractivity contribution in [3.8, 4) is 5.75 Å². The molecule has 3 rings (SSSR count). The molecular formula is C21H31N3O4. The summed E-state index contributed by atoms with van der Waals surface area (Å²) in [4.78, 5) is 30.3. The second kappa shape index (κ2) is 7.99. The second-order valence-electron chi connectivity index (χ2n) is 8.42. The molecule has 0 saturated heterocycles. The van der Waals surface area contributed by atoms with Gasteiger partial charge in [-0.3, -0.25) is 9.59 Å². The molecule has 1 aliphatic carbocycles. The number of nitrogens with zero attached hydrogens (tertiary/aromatic N) is 3. The molecule has 1 aliphatic heterocycles. The van der Waals surface area contributed by atoms with Gasteiger partial charge in [-0.25, -0.2) is 0 Å². The third kappa shape index (κ3) is 3.94. The highest BCUT2D eigenvalue weighted by atomic mass is 16.5. The summed E-state index contributed by atoms with van der Waals surface area (Å²) in [6.45, 7) is 1.15. The zero-order chi connectivity index (χ0) is 20.5. The molecule has 154 valence electrons. The van der Waals surface area contributed by atoms with Gasteiger partial charge >= 0.3 is 0 Å². The second-order valence-corrected chi connectivity index (χ2v) is 8.42. The molecule has 2 aliphatic rings. The number of fused-ring (bicyclic) bond motifs is 1. The van der Waals surface area contributed by atoms with Crippen LogP contribution in [0.4, 0.5) is 5.69 Å². The summed E-state index contributed by atoms with van der Waals surface area (Å²) in [6.07, 6.45) is 3.40. The van der Waals surface area contributed by atoms with E-state index in [1.165, 1.54) is 0 Å². The van der Waals surface area contributed by atoms with E-state index in [1.807, 2.05) is 31.1 Å². The summed E-state index contributed by atoms with van der Waals surface area (Å²) in [5, 5.41) is 9.65. The van der Waals surface area contributed by atoms with Gasteiger partial charge in [0, 0.05) is 45.7 Å². The van der Waals surface area contributed by atoms with Crippen LogP contribution >= 0.6 is 0 Å². The van der Waals surface area contributed by atoms with Crippen molar-refractivity contribution >= 4 is 17.5 Å². The van der Waals surface area contributed by atoms with Crippen LogP contribution in [0.5, 0.6) is 5.75 Å². The lowest BCUT2D eigenvalue weighted by Gasteiger charge is -2.43. The molecule has 1 saturated carbocycles. The highest BCUT2D eigenvalue weighted by Crippen LogP contribution is 2.41. The number of carbonyl (C=O) groups excluding carboxylic acids is 2. The van der Waals surface area contributed by atoms with Crippen LogP contribution in [-0.4, -0.2) is 80.7 Å². The number of ether oxygens (including phenoxy) is 1. The Bertz CT molecular complexity index is 740. The standard InChI is InChI=1S/C21H31N3O4/c1-22(2)20(27)15-6-7-18-17(10-15)24(4)16(12-28-18)11-19(26)23(3)13-21(14-25)8-5-9-21/h6-7,10,16,25H,5,8-9,11-14H2,1-4H3/t16-/m0/s1. The fraction of sp³-hybridized carbons (Fsp3) is 0.619. The van der Waals surface area contributed by atoms with E-state index in [-0.39, 0.29) is 29.9 Å². The van der Waals surface area contributed by atoms with Crippen molar-refractivity contribution < 1.29 is 19.4 Å². The molecule has 0 unspecified atom stereocenters. The summed E-state index contributed by atoms with van der Waals surface area (Å²) in [5.74, 6) is 0.705. The van der Waals surface area contributed by atoms with Crippen molar-refractivity contribution in [3.63, 3.8) is 0 Å². The molecule has 0 aromatic heterocycles. The van der Waals surface area contributed by atoms with Gasteiger partial charge in [-0.1, -0.05) is 6.42 Å². The predicted molar refractivity (Wildman–Crippen MR) is 108 cm³/mol. The Morgan fingerprint density at radius 2 is 2.00 bits per heavy atom. The molecule has 7 heteroatoms. The number of amides is 2. The quantitative estimate of drug-likeness (QED) is 0.800. The zero-order valence-corrected chi connectivity index (χ0v) is 17.3. The number of likely N-dealkylation sites (N-methyl/N-ethyl adjacent to an activating group) is 1. The number of rotatable bonds is 6. The minimum absolute atomic E-state index is 0.0455. The first kappa shape index (κ1) is 20.5. The number of hydrogen-bond donors (Lipinski definition) is 1. The number of aliphatic hydroxyl groups is 1. The van der Waals surface area contributed by atoms with Crippen LogP contribution in [0.1, 0.15) is 36.0 Å². The Morgan fingerprint density at radius 1 is 1.29 bits per heavy atom. The number of hydrogen-bond acceptors (Lipinski definition) is 5. The lowest BCUT2D eigenvalue weighted by Crippen LogP contribution is -2.48. The van der Waals surface area contributed by atoms with Crippen LogP contribution in [0.25, 0.3) is 0 Å². The third-order valence-electron chi connectivity index (χ3n) is 6.13. The van der Waals surface area contributed by atoms with Gasteiger partial charge in [0.15, 0.2) is 0 Å². The van der Waals surface area contributed by atoms with E-state index in [2.05, 4.69) is 0 Å². The lowest BCUT2D eigenvalue weighted by molar-refractivity contribution is -0.133. The van der Waals surface area contributed by atoms with Crippen molar-refractivity contribution in [2.75, 3.05) is 52.8 Å². The molecular weight excluding hydrogens is 358 g/mol. The molecule has 1 heterocycles. The first-order chi connectivity index (χ1) is 13.3. The molecule has 28 heavy (non-hydrogen) atoms. The molecule has 1 atom stereocenters. The number of anilines is 1. The average molecular weight is 389 g/mol. The number of benzene rings is 1. The van der Waals surface area contributed by atoms with Crippen molar-refractivity contribution in [3.05, 3.63) is 23.8 Å². The molecule has 1 aromatic carbocycles. The molecule has 7 nitrogen and oxygen atoms in total. The molecule has 1 fully saturated rings. The van der Waals surface area contributed by atoms with Crippen LogP contribution in [0, 0.1) is 5.41 Å². The van der Waals surface area contributed by atoms with E-state index >= 15 is 0 Å².